The number of carbonyl (C=O) groups is 2. The molecular weight excluding hydrogens is 511 g/mol. The van der Waals surface area contributed by atoms with Gasteiger partial charge in [-0.1, -0.05) is 17.7 Å². The number of aromatic nitrogens is 1. The first-order valence-corrected chi connectivity index (χ1v) is 12.7. The van der Waals surface area contributed by atoms with Gasteiger partial charge in [-0.25, -0.2) is 19.0 Å². The summed E-state index contributed by atoms with van der Waals surface area (Å²) in [6, 6.07) is 3.00. The smallest absolute Gasteiger partial charge is 0.347 e. The predicted octanol–water partition coefficient (Wildman–Crippen LogP) is 3.11. The second kappa shape index (κ2) is 11.9. The molecule has 2 unspecified atom stereocenters. The summed E-state index contributed by atoms with van der Waals surface area (Å²) in [5, 5.41) is 5.79. The third kappa shape index (κ3) is 6.09. The summed E-state index contributed by atoms with van der Waals surface area (Å²) >= 11 is 7.80. The van der Waals surface area contributed by atoms with Crippen LogP contribution in [0.5, 0.6) is 0 Å². The number of nitrogens with one attached hydrogen (secondary N) is 1. The molecular formula is C24H26ClFN4O5S. The largest absolute Gasteiger partial charge is 0.463 e. The molecule has 2 aliphatic heterocycles. The predicted molar refractivity (Wildman–Crippen MR) is 132 cm³/mol. The van der Waals surface area contributed by atoms with Crippen LogP contribution in [-0.4, -0.2) is 73.2 Å². The SMILES string of the molecule is CCOC(=O)C(C)OC(=O)C1=C(CN2CCOCC2)NC(c2nccs2)=NC1c1ccc(F)cc1Cl. The minimum Gasteiger partial charge on any atom is -0.463 e. The number of morpholine rings is 1. The molecule has 36 heavy (non-hydrogen) atoms. The van der Waals surface area contributed by atoms with Crippen LogP contribution in [0, 0.1) is 5.82 Å². The molecule has 0 amide bonds. The zero-order chi connectivity index (χ0) is 25.7. The highest BCUT2D eigenvalue weighted by atomic mass is 35.5. The number of carbonyl (C=O) groups excluding carboxylic acids is 2. The molecule has 3 heterocycles. The van der Waals surface area contributed by atoms with Gasteiger partial charge >= 0.3 is 11.9 Å². The fourth-order valence-electron chi connectivity index (χ4n) is 3.87. The van der Waals surface area contributed by atoms with E-state index in [2.05, 4.69) is 15.2 Å². The van der Waals surface area contributed by atoms with Crippen LogP contribution in [0.25, 0.3) is 0 Å². The van der Waals surface area contributed by atoms with Crippen molar-refractivity contribution in [2.24, 2.45) is 4.99 Å². The van der Waals surface area contributed by atoms with Crippen LogP contribution in [0.1, 0.15) is 30.5 Å². The Morgan fingerprint density at radius 2 is 2.14 bits per heavy atom. The number of ether oxygens (including phenoxy) is 3. The Bertz CT molecular complexity index is 1170. The Morgan fingerprint density at radius 1 is 1.36 bits per heavy atom. The number of benzene rings is 1. The highest BCUT2D eigenvalue weighted by Gasteiger charge is 2.36. The number of thiazole rings is 1. The maximum atomic E-state index is 13.9. The standard InChI is InChI=1S/C24H26ClFN4O5S/c1-3-34-23(31)14(2)35-24(32)19-18(13-30-7-9-33-10-8-30)28-21(22-27-6-11-36-22)29-20(19)16-5-4-15(26)12-17(16)25/h4-6,11-12,14,20H,3,7-10,13H2,1-2H3,(H,28,29). The van der Waals surface area contributed by atoms with E-state index in [1.807, 2.05) is 5.38 Å². The Labute approximate surface area is 216 Å². The number of aliphatic imine (C=N–C) groups is 1. The number of rotatable bonds is 8. The Kier molecular flexibility index (Phi) is 8.68. The fourth-order valence-corrected chi connectivity index (χ4v) is 4.73. The van der Waals surface area contributed by atoms with Gasteiger partial charge in [-0.05, 0) is 26.0 Å². The van der Waals surface area contributed by atoms with Gasteiger partial charge in [0.25, 0.3) is 0 Å². The zero-order valence-corrected chi connectivity index (χ0v) is 21.4. The molecule has 1 aromatic carbocycles. The first-order valence-electron chi connectivity index (χ1n) is 11.5. The topological polar surface area (TPSA) is 102 Å². The quantitative estimate of drug-likeness (QED) is 0.513. The maximum Gasteiger partial charge on any atom is 0.347 e. The molecule has 0 saturated carbocycles. The van der Waals surface area contributed by atoms with Gasteiger partial charge in [-0.2, -0.15) is 0 Å². The minimum absolute atomic E-state index is 0.110. The second-order valence-corrected chi connectivity index (χ2v) is 9.39. The number of amidine groups is 1. The van der Waals surface area contributed by atoms with E-state index in [-0.39, 0.29) is 17.2 Å². The van der Waals surface area contributed by atoms with Crippen molar-refractivity contribution in [1.29, 1.82) is 0 Å². The van der Waals surface area contributed by atoms with Crippen molar-refractivity contribution in [2.75, 3.05) is 39.5 Å². The summed E-state index contributed by atoms with van der Waals surface area (Å²) in [5.41, 5.74) is 1.12. The minimum atomic E-state index is -1.14. The molecule has 0 radical (unpaired) electrons. The van der Waals surface area contributed by atoms with Gasteiger partial charge in [0.1, 0.15) is 11.9 Å². The summed E-state index contributed by atoms with van der Waals surface area (Å²) in [6.45, 7) is 6.09. The van der Waals surface area contributed by atoms with E-state index < -0.39 is 29.9 Å². The van der Waals surface area contributed by atoms with Crippen LogP contribution in [0.3, 0.4) is 0 Å². The summed E-state index contributed by atoms with van der Waals surface area (Å²) < 4.78 is 29.8. The molecule has 1 aromatic heterocycles. The molecule has 2 aromatic rings. The van der Waals surface area contributed by atoms with Crippen molar-refractivity contribution in [2.45, 2.75) is 26.0 Å². The van der Waals surface area contributed by atoms with E-state index in [9.17, 15) is 14.0 Å². The second-order valence-electron chi connectivity index (χ2n) is 8.09. The van der Waals surface area contributed by atoms with Crippen LogP contribution in [-0.2, 0) is 23.8 Å². The number of nitrogens with zero attached hydrogens (tertiary/aromatic N) is 3. The summed E-state index contributed by atoms with van der Waals surface area (Å²) in [4.78, 5) is 36.9. The van der Waals surface area contributed by atoms with Gasteiger partial charge in [0.15, 0.2) is 16.9 Å². The van der Waals surface area contributed by atoms with E-state index in [0.29, 0.717) is 55.0 Å². The van der Waals surface area contributed by atoms with Gasteiger partial charge in [-0.15, -0.1) is 11.3 Å². The lowest BCUT2D eigenvalue weighted by Gasteiger charge is -2.32. The van der Waals surface area contributed by atoms with Crippen molar-refractivity contribution >= 4 is 40.7 Å². The third-order valence-corrected chi connectivity index (χ3v) is 6.73. The average molecular weight is 537 g/mol. The van der Waals surface area contributed by atoms with Crippen molar-refractivity contribution in [3.63, 3.8) is 0 Å². The Hall–Kier alpha value is -2.86. The van der Waals surface area contributed by atoms with Gasteiger partial charge in [0, 0.05) is 47.5 Å². The van der Waals surface area contributed by atoms with E-state index in [4.69, 9.17) is 30.8 Å². The van der Waals surface area contributed by atoms with Crippen molar-refractivity contribution in [3.05, 3.63) is 62.5 Å². The molecule has 0 bridgehead atoms. The van der Waals surface area contributed by atoms with Gasteiger partial charge in [0.05, 0.1) is 25.4 Å². The average Bonchev–Trinajstić information content (AvgIpc) is 3.39. The van der Waals surface area contributed by atoms with Crippen LogP contribution >= 0.6 is 22.9 Å². The monoisotopic (exact) mass is 536 g/mol. The molecule has 1 fully saturated rings. The highest BCUT2D eigenvalue weighted by Crippen LogP contribution is 2.37. The van der Waals surface area contributed by atoms with Crippen molar-refractivity contribution < 1.29 is 28.2 Å². The van der Waals surface area contributed by atoms with Crippen LogP contribution in [0.2, 0.25) is 5.02 Å². The lowest BCUT2D eigenvalue weighted by Crippen LogP contribution is -2.43. The van der Waals surface area contributed by atoms with Crippen LogP contribution in [0.4, 0.5) is 4.39 Å². The lowest BCUT2D eigenvalue weighted by molar-refractivity contribution is -0.164. The fraction of sp³-hybridized carbons (Fsp3) is 0.417. The molecule has 1 N–H and O–H groups in total. The summed E-state index contributed by atoms with van der Waals surface area (Å²) in [6.07, 6.45) is 0.517. The van der Waals surface area contributed by atoms with E-state index in [1.54, 1.807) is 13.1 Å². The maximum absolute atomic E-state index is 13.9. The molecule has 1 saturated heterocycles. The molecule has 2 aliphatic rings. The first kappa shape index (κ1) is 26.2. The third-order valence-electron chi connectivity index (χ3n) is 5.63. The van der Waals surface area contributed by atoms with Gasteiger partial charge in [0.2, 0.25) is 0 Å². The Morgan fingerprint density at radius 3 is 2.81 bits per heavy atom. The lowest BCUT2D eigenvalue weighted by atomic mass is 9.95. The van der Waals surface area contributed by atoms with Crippen LogP contribution in [0.15, 0.2) is 46.0 Å². The molecule has 9 nitrogen and oxygen atoms in total. The number of esters is 2. The first-order chi connectivity index (χ1) is 17.4. The summed E-state index contributed by atoms with van der Waals surface area (Å²) in [7, 11) is 0. The molecule has 0 spiro atoms. The molecule has 4 rings (SSSR count). The van der Waals surface area contributed by atoms with Crippen LogP contribution < -0.4 is 5.32 Å². The molecule has 192 valence electrons. The molecule has 2 atom stereocenters. The zero-order valence-electron chi connectivity index (χ0n) is 19.8. The van der Waals surface area contributed by atoms with E-state index >= 15 is 0 Å². The Balaban J connectivity index is 1.78. The number of hydrogen-bond donors (Lipinski definition) is 1. The van der Waals surface area contributed by atoms with Crippen molar-refractivity contribution in [1.82, 2.24) is 15.2 Å². The van der Waals surface area contributed by atoms with Gasteiger partial charge in [-0.3, -0.25) is 9.89 Å². The number of hydrogen-bond acceptors (Lipinski definition) is 10. The molecule has 0 aliphatic carbocycles. The molecule has 12 heteroatoms. The van der Waals surface area contributed by atoms with Crippen molar-refractivity contribution in [3.8, 4) is 0 Å². The highest BCUT2D eigenvalue weighted by molar-refractivity contribution is 7.11. The summed E-state index contributed by atoms with van der Waals surface area (Å²) in [5.74, 6) is -1.47. The van der Waals surface area contributed by atoms with E-state index in [0.717, 1.165) is 0 Å². The number of halogens is 2. The van der Waals surface area contributed by atoms with E-state index in [1.165, 1.54) is 36.5 Å². The normalized spacial score (nSPS) is 19.3. The van der Waals surface area contributed by atoms with Gasteiger partial charge < -0.3 is 19.5 Å².